The Hall–Kier alpha value is -0.860. The van der Waals surface area contributed by atoms with Crippen molar-refractivity contribution in [2.75, 3.05) is 13.2 Å². The predicted octanol–water partition coefficient (Wildman–Crippen LogP) is -5.98. The van der Waals surface area contributed by atoms with Crippen molar-refractivity contribution in [3.63, 3.8) is 0 Å². The van der Waals surface area contributed by atoms with Crippen LogP contribution in [0.3, 0.4) is 0 Å². The number of carbonyl (C=O) groups is 1. The van der Waals surface area contributed by atoms with E-state index < -0.39 is 106 Å². The van der Waals surface area contributed by atoms with E-state index in [-0.39, 0.29) is 0 Å². The van der Waals surface area contributed by atoms with E-state index in [0.717, 1.165) is 6.92 Å². The molecule has 0 aromatic rings. The van der Waals surface area contributed by atoms with Gasteiger partial charge in [0.1, 0.15) is 61.0 Å². The molecule has 1 saturated carbocycles. The van der Waals surface area contributed by atoms with Crippen molar-refractivity contribution in [2.24, 2.45) is 0 Å². The van der Waals surface area contributed by atoms with E-state index in [0.29, 0.717) is 0 Å². The Morgan fingerprint density at radius 2 is 1.47 bits per heavy atom. The van der Waals surface area contributed by atoms with Gasteiger partial charge in [-0.1, -0.05) is 0 Å². The Kier molecular flexibility index (Phi) is 11.1. The molecule has 2 rings (SSSR count). The number of nitrogens with one attached hydrogen (secondary N) is 1. The van der Waals surface area contributed by atoms with E-state index in [1.807, 2.05) is 0 Å². The highest BCUT2D eigenvalue weighted by Crippen LogP contribution is 2.47. The fraction of sp³-hybridized carbons (Fsp3) is 0.944. The fourth-order valence-corrected chi connectivity index (χ4v) is 4.69. The first-order chi connectivity index (χ1) is 16.6. The van der Waals surface area contributed by atoms with Crippen molar-refractivity contribution in [3.8, 4) is 0 Å². The summed E-state index contributed by atoms with van der Waals surface area (Å²) in [7, 11) is -5.12. The molecule has 1 aliphatic heterocycles. The summed E-state index contributed by atoms with van der Waals surface area (Å²) in [5.74, 6) is -0.576. The molecule has 0 aromatic carbocycles. The van der Waals surface area contributed by atoms with Crippen LogP contribution in [0.5, 0.6) is 0 Å². The third-order valence-electron chi connectivity index (χ3n) is 5.83. The van der Waals surface area contributed by atoms with Crippen molar-refractivity contribution >= 4 is 13.7 Å². The summed E-state index contributed by atoms with van der Waals surface area (Å²) in [6.07, 6.45) is -22.6. The van der Waals surface area contributed by atoms with E-state index in [2.05, 4.69) is 5.32 Å². The van der Waals surface area contributed by atoms with Gasteiger partial charge >= 0.3 is 7.82 Å². The normalized spacial score (nSPS) is 42.8. The number of carbonyl (C=O) groups excluding carboxylic acids is 1. The van der Waals surface area contributed by atoms with Crippen LogP contribution in [-0.2, 0) is 27.9 Å². The third-order valence-corrected chi connectivity index (χ3v) is 6.81. The fourth-order valence-electron chi connectivity index (χ4n) is 3.72. The first-order valence-electron chi connectivity index (χ1n) is 10.9. The molecular formula is C18H34NO16P. The topological polar surface area (TPSA) is 285 Å². The Balaban J connectivity index is 2.08. The van der Waals surface area contributed by atoms with Crippen molar-refractivity contribution in [1.82, 2.24) is 5.32 Å². The van der Waals surface area contributed by atoms with Crippen LogP contribution in [0, 0.1) is 0 Å². The van der Waals surface area contributed by atoms with Gasteiger partial charge in [-0.15, -0.1) is 0 Å². The molecule has 1 heterocycles. The van der Waals surface area contributed by atoms with E-state index in [4.69, 9.17) is 18.5 Å². The third kappa shape index (κ3) is 7.37. The van der Waals surface area contributed by atoms with Gasteiger partial charge in [-0.05, 0) is 6.92 Å². The van der Waals surface area contributed by atoms with Gasteiger partial charge in [0.05, 0.1) is 25.4 Å². The highest BCUT2D eigenvalue weighted by molar-refractivity contribution is 7.47. The summed E-state index contributed by atoms with van der Waals surface area (Å²) in [5.41, 5.74) is 0. The van der Waals surface area contributed by atoms with Crippen LogP contribution >= 0.6 is 7.82 Å². The minimum Gasteiger partial charge on any atom is -0.394 e. The van der Waals surface area contributed by atoms with Crippen LogP contribution in [0.2, 0.25) is 0 Å². The minimum atomic E-state index is -5.12. The molecule has 0 aromatic heterocycles. The van der Waals surface area contributed by atoms with Crippen molar-refractivity contribution in [1.29, 1.82) is 0 Å². The predicted molar refractivity (Wildman–Crippen MR) is 113 cm³/mol. The number of hydrogen-bond acceptors (Lipinski definition) is 15. The molecule has 36 heavy (non-hydrogen) atoms. The molecule has 18 heteroatoms. The van der Waals surface area contributed by atoms with Gasteiger partial charge in [0.2, 0.25) is 5.91 Å². The molecule has 1 aliphatic carbocycles. The average Bonchev–Trinajstić information content (AvgIpc) is 2.80. The van der Waals surface area contributed by atoms with Crippen LogP contribution in [0.4, 0.5) is 0 Å². The van der Waals surface area contributed by atoms with Gasteiger partial charge in [0.25, 0.3) is 0 Å². The lowest BCUT2D eigenvalue weighted by Crippen LogP contribution is -2.67. The first kappa shape index (κ1) is 31.4. The molecule has 1 saturated heterocycles. The summed E-state index contributed by atoms with van der Waals surface area (Å²) in [5, 5.41) is 92.5. The number of aliphatic hydroxyl groups is 9. The van der Waals surface area contributed by atoms with Crippen LogP contribution in [0.1, 0.15) is 13.8 Å². The number of hydrogen-bond donors (Lipinski definition) is 11. The second kappa shape index (κ2) is 12.8. The van der Waals surface area contributed by atoms with E-state index in [1.54, 1.807) is 0 Å². The smallest absolute Gasteiger partial charge is 0.394 e. The molecule has 0 spiro atoms. The Bertz CT molecular complexity index is 755. The van der Waals surface area contributed by atoms with Crippen LogP contribution in [0.15, 0.2) is 0 Å². The van der Waals surface area contributed by atoms with Gasteiger partial charge < -0.3 is 65.6 Å². The summed E-state index contributed by atoms with van der Waals surface area (Å²) < 4.78 is 32.1. The van der Waals surface area contributed by atoms with Crippen molar-refractivity contribution in [2.45, 2.75) is 93.3 Å². The number of aliphatic hydroxyl groups excluding tert-OH is 9. The lowest BCUT2D eigenvalue weighted by atomic mass is 9.84. The van der Waals surface area contributed by atoms with Gasteiger partial charge in [-0.25, -0.2) is 4.57 Å². The minimum absolute atomic E-state index is 0.576. The number of phosphoric acid groups is 1. The van der Waals surface area contributed by atoms with Gasteiger partial charge in [-0.2, -0.15) is 0 Å². The second-order valence-corrected chi connectivity index (χ2v) is 10.0. The number of ether oxygens (including phenoxy) is 2. The molecule has 11 N–H and O–H groups in total. The largest absolute Gasteiger partial charge is 0.472 e. The standard InChI is InChI=1S/C18H34NO16P/c1-5(21)7(19-6(2)22)4-32-36(30,31)35-17-13(27)11(25)16(12(26)14(17)28)34-18-15(29)10(24)9(23)8(3-20)33-18/h5,7-18,20-21,23-29H,3-4H2,1-2H3,(H,19,22)(H,30,31)/t5-,7+,8-,9-,10+,11-,12+,13+,14+,15-,16?,17?,18+/m1/s1. The molecule has 17 nitrogen and oxygen atoms in total. The summed E-state index contributed by atoms with van der Waals surface area (Å²) in [6, 6.07) is -1.12. The molecule has 2 fully saturated rings. The number of phosphoric ester groups is 1. The Labute approximate surface area is 205 Å². The molecule has 2 aliphatic rings. The van der Waals surface area contributed by atoms with E-state index >= 15 is 0 Å². The SMILES string of the molecule is CC(=O)N[C@@H](COP(=O)(O)OC1[C@@H](O)[C@H](O)C(O[C@@H]2O[C@H](CO)[C@@H](O)[C@H](O)[C@H]2O)[C@H](O)[C@@H]1O)[C@@H](C)O. The quantitative estimate of drug-likeness (QED) is 0.113. The monoisotopic (exact) mass is 551 g/mol. The van der Waals surface area contributed by atoms with Gasteiger partial charge in [0.15, 0.2) is 6.29 Å². The zero-order valence-corrected chi connectivity index (χ0v) is 20.2. The zero-order chi connectivity index (χ0) is 27.5. The molecular weight excluding hydrogens is 517 g/mol. The second-order valence-electron chi connectivity index (χ2n) is 8.64. The lowest BCUT2D eigenvalue weighted by molar-refractivity contribution is -0.338. The Morgan fingerprint density at radius 3 is 1.94 bits per heavy atom. The molecule has 212 valence electrons. The highest BCUT2D eigenvalue weighted by Gasteiger charge is 2.55. The molecule has 3 unspecified atom stereocenters. The molecule has 1 amide bonds. The first-order valence-corrected chi connectivity index (χ1v) is 12.4. The number of rotatable bonds is 10. The highest BCUT2D eigenvalue weighted by atomic mass is 31.2. The maximum Gasteiger partial charge on any atom is 0.472 e. The van der Waals surface area contributed by atoms with E-state index in [9.17, 15) is 60.2 Å². The van der Waals surface area contributed by atoms with E-state index in [1.165, 1.54) is 6.92 Å². The average molecular weight is 551 g/mol. The lowest BCUT2D eigenvalue weighted by Gasteiger charge is -2.46. The molecule has 0 radical (unpaired) electrons. The van der Waals surface area contributed by atoms with Crippen LogP contribution in [-0.4, -0.2) is 149 Å². The summed E-state index contributed by atoms with van der Waals surface area (Å²) in [6.45, 7) is 0.873. The maximum atomic E-state index is 12.3. The maximum absolute atomic E-state index is 12.3. The van der Waals surface area contributed by atoms with Crippen LogP contribution in [0.25, 0.3) is 0 Å². The number of amides is 1. The molecule has 0 bridgehead atoms. The van der Waals surface area contributed by atoms with Gasteiger partial charge in [0, 0.05) is 6.92 Å². The summed E-state index contributed by atoms with van der Waals surface area (Å²) in [4.78, 5) is 21.2. The van der Waals surface area contributed by atoms with Crippen molar-refractivity contribution in [3.05, 3.63) is 0 Å². The zero-order valence-electron chi connectivity index (χ0n) is 19.3. The molecule has 14 atom stereocenters. The summed E-state index contributed by atoms with van der Waals surface area (Å²) >= 11 is 0. The van der Waals surface area contributed by atoms with Crippen LogP contribution < -0.4 is 5.32 Å². The van der Waals surface area contributed by atoms with Gasteiger partial charge in [-0.3, -0.25) is 13.8 Å². The van der Waals surface area contributed by atoms with Crippen molar-refractivity contribution < 1.29 is 78.7 Å². The Morgan fingerprint density at radius 1 is 0.944 bits per heavy atom.